The number of hydrogen-bond donors (Lipinski definition) is 1. The summed E-state index contributed by atoms with van der Waals surface area (Å²) in [7, 11) is 1.67. The van der Waals surface area contributed by atoms with Gasteiger partial charge in [-0.1, -0.05) is 48.5 Å². The number of ether oxygens (including phenoxy) is 1. The van der Waals surface area contributed by atoms with Crippen LogP contribution in [0.3, 0.4) is 0 Å². The summed E-state index contributed by atoms with van der Waals surface area (Å²) < 4.78 is 5.23. The molecule has 2 aromatic carbocycles. The third kappa shape index (κ3) is 6.21. The normalized spacial score (nSPS) is 15.1. The topological polar surface area (TPSA) is 61.9 Å². The Bertz CT molecular complexity index is 1030. The molecule has 0 saturated carbocycles. The van der Waals surface area contributed by atoms with Crippen LogP contribution in [0.5, 0.6) is 5.75 Å². The van der Waals surface area contributed by atoms with E-state index in [0.29, 0.717) is 24.4 Å². The van der Waals surface area contributed by atoms with Gasteiger partial charge in [-0.2, -0.15) is 0 Å². The number of hydrogen-bond acceptors (Lipinski definition) is 5. The quantitative estimate of drug-likeness (QED) is 0.556. The smallest absolute Gasteiger partial charge is 0.262 e. The number of thiophene rings is 1. The van der Waals surface area contributed by atoms with E-state index in [4.69, 9.17) is 4.74 Å². The summed E-state index contributed by atoms with van der Waals surface area (Å²) in [5.41, 5.74) is 2.25. The fraction of sp³-hybridized carbons (Fsp3) is 0.308. The Morgan fingerprint density at radius 2 is 1.67 bits per heavy atom. The van der Waals surface area contributed by atoms with Crippen molar-refractivity contribution in [1.82, 2.24) is 15.1 Å². The second kappa shape index (κ2) is 11.1. The van der Waals surface area contributed by atoms with Crippen molar-refractivity contribution < 1.29 is 14.3 Å². The molecule has 2 amide bonds. The summed E-state index contributed by atoms with van der Waals surface area (Å²) in [6.07, 6.45) is 0.475. The number of methoxy groups -OCH3 is 1. The lowest BCUT2D eigenvalue weighted by atomic mass is 10.0. The van der Waals surface area contributed by atoms with Gasteiger partial charge in [0.05, 0.1) is 12.0 Å². The van der Waals surface area contributed by atoms with E-state index in [0.717, 1.165) is 30.9 Å². The van der Waals surface area contributed by atoms with Crippen molar-refractivity contribution in [3.8, 4) is 5.75 Å². The maximum atomic E-state index is 13.4. The molecule has 3 aromatic rings. The van der Waals surface area contributed by atoms with Gasteiger partial charge >= 0.3 is 0 Å². The van der Waals surface area contributed by atoms with E-state index in [9.17, 15) is 9.59 Å². The fourth-order valence-corrected chi connectivity index (χ4v) is 4.65. The third-order valence-electron chi connectivity index (χ3n) is 5.88. The lowest BCUT2D eigenvalue weighted by molar-refractivity contribution is -0.135. The lowest BCUT2D eigenvalue weighted by Gasteiger charge is -2.36. The number of carbonyl (C=O) groups is 2. The zero-order valence-corrected chi connectivity index (χ0v) is 19.6. The molecule has 172 valence electrons. The maximum absolute atomic E-state index is 13.4. The molecule has 6 nitrogen and oxygen atoms in total. The van der Waals surface area contributed by atoms with Crippen molar-refractivity contribution in [2.75, 3.05) is 33.3 Å². The van der Waals surface area contributed by atoms with Crippen LogP contribution in [-0.4, -0.2) is 60.9 Å². The SMILES string of the molecule is COc1ccc(CN2CCN(C(=O)[C@@H](Cc3ccccc3)NC(=O)c3cccs3)CC2)cc1. The molecule has 0 spiro atoms. The Kier molecular flexibility index (Phi) is 7.75. The number of nitrogens with one attached hydrogen (secondary N) is 1. The predicted molar refractivity (Wildman–Crippen MR) is 131 cm³/mol. The number of amides is 2. The van der Waals surface area contributed by atoms with E-state index in [-0.39, 0.29) is 11.8 Å². The summed E-state index contributed by atoms with van der Waals surface area (Å²) in [4.78, 5) is 31.0. The monoisotopic (exact) mass is 463 g/mol. The number of benzene rings is 2. The van der Waals surface area contributed by atoms with Gasteiger partial charge < -0.3 is 15.0 Å². The molecule has 1 N–H and O–H groups in total. The summed E-state index contributed by atoms with van der Waals surface area (Å²) >= 11 is 1.38. The van der Waals surface area contributed by atoms with Gasteiger partial charge in [0.25, 0.3) is 5.91 Å². The van der Waals surface area contributed by atoms with Gasteiger partial charge in [0.2, 0.25) is 5.91 Å². The van der Waals surface area contributed by atoms with Gasteiger partial charge in [-0.25, -0.2) is 0 Å². The molecule has 1 aliphatic heterocycles. The zero-order chi connectivity index (χ0) is 23.0. The second-order valence-electron chi connectivity index (χ2n) is 8.14. The highest BCUT2D eigenvalue weighted by molar-refractivity contribution is 7.12. The van der Waals surface area contributed by atoms with Crippen LogP contribution in [0.2, 0.25) is 0 Å². The van der Waals surface area contributed by atoms with E-state index < -0.39 is 6.04 Å². The minimum atomic E-state index is -0.588. The van der Waals surface area contributed by atoms with Gasteiger partial charge in [0.1, 0.15) is 11.8 Å². The summed E-state index contributed by atoms with van der Waals surface area (Å²) in [6.45, 7) is 3.74. The lowest BCUT2D eigenvalue weighted by Crippen LogP contribution is -2.55. The van der Waals surface area contributed by atoms with Crippen LogP contribution in [0.4, 0.5) is 0 Å². The standard InChI is InChI=1S/C26H29N3O3S/c1-32-22-11-9-21(10-12-22)19-28-13-15-29(16-14-28)26(31)23(18-20-6-3-2-4-7-20)27-25(30)24-8-5-17-33-24/h2-12,17,23H,13-16,18-19H2,1H3,(H,27,30)/t23-/m1/s1. The predicted octanol–water partition coefficient (Wildman–Crippen LogP) is 3.44. The first-order valence-electron chi connectivity index (χ1n) is 11.1. The average Bonchev–Trinajstić information content (AvgIpc) is 3.40. The van der Waals surface area contributed by atoms with Crippen molar-refractivity contribution in [1.29, 1.82) is 0 Å². The zero-order valence-electron chi connectivity index (χ0n) is 18.8. The molecular weight excluding hydrogens is 434 g/mol. The van der Waals surface area contributed by atoms with E-state index in [1.807, 2.05) is 58.8 Å². The summed E-state index contributed by atoms with van der Waals surface area (Å²) in [5, 5.41) is 4.85. The molecule has 1 fully saturated rings. The highest BCUT2D eigenvalue weighted by Crippen LogP contribution is 2.16. The van der Waals surface area contributed by atoms with Gasteiger partial charge in [-0.15, -0.1) is 11.3 Å². The summed E-state index contributed by atoms with van der Waals surface area (Å²) in [5.74, 6) is 0.633. The highest BCUT2D eigenvalue weighted by Gasteiger charge is 2.29. The molecule has 1 aliphatic rings. The van der Waals surface area contributed by atoms with Crippen molar-refractivity contribution in [3.63, 3.8) is 0 Å². The van der Waals surface area contributed by atoms with Crippen LogP contribution >= 0.6 is 11.3 Å². The van der Waals surface area contributed by atoms with E-state index in [1.54, 1.807) is 13.2 Å². The first kappa shape index (κ1) is 23.0. The molecule has 1 atom stereocenters. The Morgan fingerprint density at radius 3 is 2.30 bits per heavy atom. The van der Waals surface area contributed by atoms with Crippen molar-refractivity contribution in [2.24, 2.45) is 0 Å². The number of rotatable bonds is 8. The van der Waals surface area contributed by atoms with Gasteiger partial charge in [-0.3, -0.25) is 14.5 Å². The van der Waals surface area contributed by atoms with Crippen molar-refractivity contribution in [2.45, 2.75) is 19.0 Å². The van der Waals surface area contributed by atoms with E-state index in [2.05, 4.69) is 22.3 Å². The molecule has 0 unspecified atom stereocenters. The molecule has 0 radical (unpaired) electrons. The van der Waals surface area contributed by atoms with Crippen LogP contribution in [0.1, 0.15) is 20.8 Å². The molecule has 1 saturated heterocycles. The third-order valence-corrected chi connectivity index (χ3v) is 6.75. The van der Waals surface area contributed by atoms with E-state index >= 15 is 0 Å². The van der Waals surface area contributed by atoms with Crippen LogP contribution < -0.4 is 10.1 Å². The maximum Gasteiger partial charge on any atom is 0.262 e. The summed E-state index contributed by atoms with van der Waals surface area (Å²) in [6, 6.07) is 21.0. The van der Waals surface area contributed by atoms with Crippen LogP contribution in [-0.2, 0) is 17.8 Å². The minimum Gasteiger partial charge on any atom is -0.497 e. The Morgan fingerprint density at radius 1 is 0.939 bits per heavy atom. The van der Waals surface area contributed by atoms with Gasteiger partial charge in [0.15, 0.2) is 0 Å². The molecular formula is C26H29N3O3S. The second-order valence-corrected chi connectivity index (χ2v) is 9.09. The average molecular weight is 464 g/mol. The Balaban J connectivity index is 1.37. The number of piperazine rings is 1. The molecule has 7 heteroatoms. The van der Waals surface area contributed by atoms with Crippen LogP contribution in [0, 0.1) is 0 Å². The molecule has 0 bridgehead atoms. The Hall–Kier alpha value is -3.16. The van der Waals surface area contributed by atoms with Crippen molar-refractivity contribution >= 4 is 23.2 Å². The fourth-order valence-electron chi connectivity index (χ4n) is 4.02. The molecule has 0 aliphatic carbocycles. The first-order valence-corrected chi connectivity index (χ1v) is 12.0. The first-order chi connectivity index (χ1) is 16.1. The van der Waals surface area contributed by atoms with Crippen LogP contribution in [0.15, 0.2) is 72.1 Å². The van der Waals surface area contributed by atoms with Gasteiger partial charge in [-0.05, 0) is 34.7 Å². The largest absolute Gasteiger partial charge is 0.497 e. The molecule has 33 heavy (non-hydrogen) atoms. The number of carbonyl (C=O) groups excluding carboxylic acids is 2. The van der Waals surface area contributed by atoms with Crippen molar-refractivity contribution in [3.05, 3.63) is 88.1 Å². The Labute approximate surface area is 198 Å². The molecule has 4 rings (SSSR count). The number of nitrogens with zero attached hydrogens (tertiary/aromatic N) is 2. The molecule has 1 aromatic heterocycles. The molecule has 2 heterocycles. The highest BCUT2D eigenvalue weighted by atomic mass is 32.1. The minimum absolute atomic E-state index is 0.0205. The van der Waals surface area contributed by atoms with Crippen LogP contribution in [0.25, 0.3) is 0 Å². The van der Waals surface area contributed by atoms with E-state index in [1.165, 1.54) is 16.9 Å². The van der Waals surface area contributed by atoms with Gasteiger partial charge in [0, 0.05) is 39.1 Å².